The fraction of sp³-hybridized carbons (Fsp3) is 0.571. The van der Waals surface area contributed by atoms with Gasteiger partial charge in [-0.15, -0.1) is 0 Å². The van der Waals surface area contributed by atoms with Crippen LogP contribution in [0.4, 0.5) is 0 Å². The van der Waals surface area contributed by atoms with Crippen LogP contribution >= 0.6 is 15.9 Å². The summed E-state index contributed by atoms with van der Waals surface area (Å²) in [4.78, 5) is 0. The minimum atomic E-state index is 0.194. The molecule has 100 valence electrons. The highest BCUT2D eigenvalue weighted by Gasteiger charge is 2.25. The van der Waals surface area contributed by atoms with E-state index in [4.69, 9.17) is 9.84 Å². The van der Waals surface area contributed by atoms with Gasteiger partial charge in [-0.05, 0) is 36.5 Å². The van der Waals surface area contributed by atoms with E-state index in [1.165, 1.54) is 15.6 Å². The number of aliphatic hydroxyl groups is 1. The second kappa shape index (κ2) is 6.66. The maximum absolute atomic E-state index is 9.07. The van der Waals surface area contributed by atoms with Gasteiger partial charge in [-0.3, -0.25) is 0 Å². The van der Waals surface area contributed by atoms with E-state index in [9.17, 15) is 0 Å². The lowest BCUT2D eigenvalue weighted by Crippen LogP contribution is -2.36. The fourth-order valence-corrected chi connectivity index (χ4v) is 3.22. The Labute approximate surface area is 117 Å². The Morgan fingerprint density at radius 1 is 1.56 bits per heavy atom. The molecule has 4 heteroatoms. The monoisotopic (exact) mass is 313 g/mol. The third-order valence-electron chi connectivity index (χ3n) is 3.50. The quantitative estimate of drug-likeness (QED) is 0.847. The van der Waals surface area contributed by atoms with Crippen molar-refractivity contribution in [3.63, 3.8) is 0 Å². The van der Waals surface area contributed by atoms with Crippen molar-refractivity contribution in [1.82, 2.24) is 5.32 Å². The van der Waals surface area contributed by atoms with Crippen LogP contribution in [0.2, 0.25) is 0 Å². The van der Waals surface area contributed by atoms with Crippen LogP contribution in [-0.4, -0.2) is 31.5 Å². The van der Waals surface area contributed by atoms with Gasteiger partial charge in [-0.1, -0.05) is 28.1 Å². The van der Waals surface area contributed by atoms with Gasteiger partial charge >= 0.3 is 0 Å². The first kappa shape index (κ1) is 14.0. The minimum absolute atomic E-state index is 0.194. The second-order valence-corrected chi connectivity index (χ2v) is 5.58. The number of methoxy groups -OCH3 is 1. The summed E-state index contributed by atoms with van der Waals surface area (Å²) in [6.07, 6.45) is 2.95. The van der Waals surface area contributed by atoms with E-state index in [0.717, 1.165) is 19.3 Å². The molecule has 1 aliphatic carbocycles. The first-order valence-electron chi connectivity index (χ1n) is 6.39. The van der Waals surface area contributed by atoms with Crippen molar-refractivity contribution in [2.75, 3.05) is 20.3 Å². The highest BCUT2D eigenvalue weighted by molar-refractivity contribution is 9.10. The number of rotatable bonds is 6. The van der Waals surface area contributed by atoms with Crippen molar-refractivity contribution < 1.29 is 9.84 Å². The number of benzene rings is 1. The predicted octanol–water partition coefficient (Wildman–Crippen LogP) is 2.42. The molecular weight excluding hydrogens is 294 g/mol. The average Bonchev–Trinajstić information content (AvgIpc) is 2.75. The van der Waals surface area contributed by atoms with Crippen LogP contribution in [0.1, 0.15) is 30.0 Å². The lowest BCUT2D eigenvalue weighted by atomic mass is 10.1. The van der Waals surface area contributed by atoms with Crippen LogP contribution in [0, 0.1) is 0 Å². The Morgan fingerprint density at radius 3 is 3.11 bits per heavy atom. The average molecular weight is 314 g/mol. The lowest BCUT2D eigenvalue weighted by molar-refractivity contribution is 0.142. The van der Waals surface area contributed by atoms with E-state index in [1.54, 1.807) is 7.11 Å². The van der Waals surface area contributed by atoms with Crippen LogP contribution in [0.5, 0.6) is 0 Å². The first-order valence-corrected chi connectivity index (χ1v) is 7.18. The van der Waals surface area contributed by atoms with Crippen LogP contribution in [0.3, 0.4) is 0 Å². The molecule has 0 fully saturated rings. The molecule has 0 saturated heterocycles. The summed E-state index contributed by atoms with van der Waals surface area (Å²) in [5.74, 6) is 0. The van der Waals surface area contributed by atoms with E-state index >= 15 is 0 Å². The first-order chi connectivity index (χ1) is 8.76. The minimum Gasteiger partial charge on any atom is -0.396 e. The molecule has 2 unspecified atom stereocenters. The highest BCUT2D eigenvalue weighted by Crippen LogP contribution is 2.35. The van der Waals surface area contributed by atoms with Crippen molar-refractivity contribution in [3.05, 3.63) is 33.8 Å². The zero-order valence-corrected chi connectivity index (χ0v) is 12.2. The van der Waals surface area contributed by atoms with Gasteiger partial charge in [0.1, 0.15) is 0 Å². The predicted molar refractivity (Wildman–Crippen MR) is 75.7 cm³/mol. The molecule has 1 aromatic rings. The van der Waals surface area contributed by atoms with Gasteiger partial charge in [-0.2, -0.15) is 0 Å². The number of hydrogen-bond acceptors (Lipinski definition) is 3. The second-order valence-electron chi connectivity index (χ2n) is 4.73. The van der Waals surface area contributed by atoms with Crippen molar-refractivity contribution in [2.24, 2.45) is 0 Å². The smallest absolute Gasteiger partial charge is 0.0616 e. The fourth-order valence-electron chi connectivity index (χ4n) is 2.64. The molecule has 0 aliphatic heterocycles. The third-order valence-corrected chi connectivity index (χ3v) is 4.24. The van der Waals surface area contributed by atoms with Crippen molar-refractivity contribution >= 4 is 15.9 Å². The molecule has 1 aliphatic rings. The zero-order chi connectivity index (χ0) is 13.0. The molecular formula is C14H20BrNO2. The summed E-state index contributed by atoms with van der Waals surface area (Å²) in [6.45, 7) is 0.833. The Hall–Kier alpha value is -0.420. The Morgan fingerprint density at radius 2 is 2.39 bits per heavy atom. The van der Waals surface area contributed by atoms with Gasteiger partial charge in [0.25, 0.3) is 0 Å². The molecule has 18 heavy (non-hydrogen) atoms. The molecule has 0 aromatic heterocycles. The molecule has 0 saturated carbocycles. The Balaban J connectivity index is 2.06. The van der Waals surface area contributed by atoms with Crippen molar-refractivity contribution in [2.45, 2.75) is 31.3 Å². The zero-order valence-electron chi connectivity index (χ0n) is 10.7. The summed E-state index contributed by atoms with van der Waals surface area (Å²) in [5.41, 5.74) is 2.79. The van der Waals surface area contributed by atoms with Crippen LogP contribution in [0.15, 0.2) is 22.7 Å². The molecule has 0 bridgehead atoms. The molecule has 2 N–H and O–H groups in total. The molecule has 0 spiro atoms. The Kier molecular flexibility index (Phi) is 5.18. The van der Waals surface area contributed by atoms with E-state index in [1.807, 2.05) is 0 Å². The van der Waals surface area contributed by atoms with Crippen LogP contribution in [-0.2, 0) is 11.2 Å². The summed E-state index contributed by atoms with van der Waals surface area (Å²) in [7, 11) is 1.70. The molecule has 3 nitrogen and oxygen atoms in total. The summed E-state index contributed by atoms with van der Waals surface area (Å²) in [5, 5.41) is 12.7. The van der Waals surface area contributed by atoms with E-state index < -0.39 is 0 Å². The van der Waals surface area contributed by atoms with E-state index in [-0.39, 0.29) is 12.6 Å². The number of hydrogen-bond donors (Lipinski definition) is 2. The van der Waals surface area contributed by atoms with Crippen LogP contribution in [0.25, 0.3) is 0 Å². The van der Waals surface area contributed by atoms with Gasteiger partial charge in [0.15, 0.2) is 0 Å². The molecule has 0 heterocycles. The van der Waals surface area contributed by atoms with Gasteiger partial charge in [0.2, 0.25) is 0 Å². The van der Waals surface area contributed by atoms with Crippen LogP contribution < -0.4 is 5.32 Å². The third kappa shape index (κ3) is 3.12. The van der Waals surface area contributed by atoms with Gasteiger partial charge in [0.05, 0.1) is 6.61 Å². The topological polar surface area (TPSA) is 41.5 Å². The van der Waals surface area contributed by atoms with Crippen molar-refractivity contribution in [1.29, 1.82) is 0 Å². The normalized spacial score (nSPS) is 19.8. The highest BCUT2D eigenvalue weighted by atomic mass is 79.9. The number of ether oxygens (including phenoxy) is 1. The maximum Gasteiger partial charge on any atom is 0.0616 e. The standard InChI is InChI=1S/C14H20BrNO2/c1-18-9-10(7-8-17)16-14-6-5-11-12(14)3-2-4-13(11)15/h2-4,10,14,16-17H,5-9H2,1H3. The lowest BCUT2D eigenvalue weighted by Gasteiger charge is -2.22. The summed E-state index contributed by atoms with van der Waals surface area (Å²) >= 11 is 3.61. The maximum atomic E-state index is 9.07. The molecule has 1 aromatic carbocycles. The SMILES string of the molecule is COCC(CCO)NC1CCc2c(Br)cccc21. The van der Waals surface area contributed by atoms with Crippen molar-refractivity contribution in [3.8, 4) is 0 Å². The molecule has 2 rings (SSSR count). The number of nitrogens with one attached hydrogen (secondary N) is 1. The van der Waals surface area contributed by atoms with E-state index in [0.29, 0.717) is 12.6 Å². The number of fused-ring (bicyclic) bond motifs is 1. The van der Waals surface area contributed by atoms with E-state index in [2.05, 4.69) is 39.4 Å². The molecule has 0 amide bonds. The summed E-state index contributed by atoms with van der Waals surface area (Å²) < 4.78 is 6.40. The summed E-state index contributed by atoms with van der Waals surface area (Å²) in [6, 6.07) is 6.97. The molecule has 0 radical (unpaired) electrons. The largest absolute Gasteiger partial charge is 0.396 e. The Bertz CT molecular complexity index is 391. The number of halogens is 1. The van der Waals surface area contributed by atoms with Gasteiger partial charge in [0, 0.05) is 30.3 Å². The van der Waals surface area contributed by atoms with Gasteiger partial charge < -0.3 is 15.2 Å². The molecule has 2 atom stereocenters. The van der Waals surface area contributed by atoms with Gasteiger partial charge in [-0.25, -0.2) is 0 Å². The number of aliphatic hydroxyl groups excluding tert-OH is 1.